The minimum absolute atomic E-state index is 0.0130. The first-order chi connectivity index (χ1) is 15.1. The Kier molecular flexibility index (Phi) is 6.62. The van der Waals surface area contributed by atoms with Gasteiger partial charge in [-0.25, -0.2) is 0 Å². The van der Waals surface area contributed by atoms with Crippen molar-refractivity contribution >= 4 is 11.3 Å². The first-order valence-corrected chi connectivity index (χ1v) is 11.3. The molecule has 160 valence electrons. The van der Waals surface area contributed by atoms with Crippen molar-refractivity contribution in [2.24, 2.45) is 0 Å². The molecule has 1 aliphatic rings. The van der Waals surface area contributed by atoms with Gasteiger partial charge in [-0.1, -0.05) is 29.5 Å². The second-order valence-electron chi connectivity index (χ2n) is 7.81. The summed E-state index contributed by atoms with van der Waals surface area (Å²) in [6.07, 6.45) is 2.11. The van der Waals surface area contributed by atoms with Crippen molar-refractivity contribution in [3.63, 3.8) is 0 Å². The molecule has 1 heterocycles. The van der Waals surface area contributed by atoms with Gasteiger partial charge in [-0.3, -0.25) is 0 Å². The number of benzene rings is 2. The zero-order valence-corrected chi connectivity index (χ0v) is 18.8. The van der Waals surface area contributed by atoms with E-state index in [-0.39, 0.29) is 6.10 Å². The molecule has 0 saturated carbocycles. The number of nitrogens with one attached hydrogen (secondary N) is 1. The molecule has 7 heteroatoms. The molecule has 0 unspecified atom stereocenters. The molecule has 0 fully saturated rings. The Morgan fingerprint density at radius 3 is 2.84 bits per heavy atom. The van der Waals surface area contributed by atoms with Gasteiger partial charge in [0.25, 0.3) is 0 Å². The quantitative estimate of drug-likeness (QED) is 0.515. The highest BCUT2D eigenvalue weighted by molar-refractivity contribution is 7.17. The summed E-state index contributed by atoms with van der Waals surface area (Å²) in [5.74, 6) is 0.596. The van der Waals surface area contributed by atoms with E-state index in [0.717, 1.165) is 40.5 Å². The van der Waals surface area contributed by atoms with Gasteiger partial charge in [0.2, 0.25) is 0 Å². The Labute approximate surface area is 186 Å². The number of rotatable bonds is 8. The molecular formula is C24H26N4O2S. The molecule has 31 heavy (non-hydrogen) atoms. The largest absolute Gasteiger partial charge is 0.490 e. The van der Waals surface area contributed by atoms with Crippen LogP contribution in [0.25, 0.3) is 21.1 Å². The first kappa shape index (κ1) is 21.4. The molecule has 0 spiro atoms. The van der Waals surface area contributed by atoms with E-state index in [1.165, 1.54) is 11.1 Å². The lowest BCUT2D eigenvalue weighted by Gasteiger charge is -2.14. The third kappa shape index (κ3) is 4.62. The first-order valence-electron chi connectivity index (χ1n) is 10.5. The van der Waals surface area contributed by atoms with Crippen LogP contribution in [0.2, 0.25) is 0 Å². The maximum atomic E-state index is 9.52. The summed E-state index contributed by atoms with van der Waals surface area (Å²) in [6, 6.07) is 14.6. The van der Waals surface area contributed by atoms with Gasteiger partial charge in [0.05, 0.1) is 18.3 Å². The van der Waals surface area contributed by atoms with Crippen LogP contribution in [0.4, 0.5) is 0 Å². The van der Waals surface area contributed by atoms with Gasteiger partial charge in [-0.2, -0.15) is 5.26 Å². The summed E-state index contributed by atoms with van der Waals surface area (Å²) in [4.78, 5) is 0. The van der Waals surface area contributed by atoms with E-state index in [1.807, 2.05) is 32.0 Å². The smallest absolute Gasteiger partial charge is 0.148 e. The van der Waals surface area contributed by atoms with Gasteiger partial charge in [0.15, 0.2) is 0 Å². The second kappa shape index (κ2) is 9.56. The van der Waals surface area contributed by atoms with Gasteiger partial charge in [0, 0.05) is 30.8 Å². The number of aromatic nitrogens is 2. The molecular weight excluding hydrogens is 408 g/mol. The fourth-order valence-electron chi connectivity index (χ4n) is 3.96. The summed E-state index contributed by atoms with van der Waals surface area (Å²) in [5, 5.41) is 23.7. The SMILES string of the molecule is COCCN[C@H]1CCc2c(-c3nnc(-c4ccc(OC(C)C)c(C#N)c4)s3)cccc21. The summed E-state index contributed by atoms with van der Waals surface area (Å²) < 4.78 is 10.9. The number of nitriles is 1. The van der Waals surface area contributed by atoms with Gasteiger partial charge >= 0.3 is 0 Å². The fourth-order valence-corrected chi connectivity index (χ4v) is 4.85. The van der Waals surface area contributed by atoms with E-state index in [1.54, 1.807) is 18.4 Å². The molecule has 0 aliphatic heterocycles. The number of hydrogen-bond acceptors (Lipinski definition) is 7. The molecule has 1 aromatic heterocycles. The highest BCUT2D eigenvalue weighted by Crippen LogP contribution is 2.40. The molecule has 0 bridgehead atoms. The lowest BCUT2D eigenvalue weighted by molar-refractivity contribution is 0.195. The van der Waals surface area contributed by atoms with Crippen molar-refractivity contribution in [1.29, 1.82) is 5.26 Å². The van der Waals surface area contributed by atoms with Crippen LogP contribution in [0.15, 0.2) is 36.4 Å². The fraction of sp³-hybridized carbons (Fsp3) is 0.375. The number of fused-ring (bicyclic) bond motifs is 1. The van der Waals surface area contributed by atoms with E-state index in [4.69, 9.17) is 9.47 Å². The normalized spacial score (nSPS) is 15.1. The third-order valence-electron chi connectivity index (χ3n) is 5.33. The van der Waals surface area contributed by atoms with Crippen LogP contribution >= 0.6 is 11.3 Å². The Balaban J connectivity index is 1.60. The highest BCUT2D eigenvalue weighted by Gasteiger charge is 2.25. The predicted molar refractivity (Wildman–Crippen MR) is 122 cm³/mol. The van der Waals surface area contributed by atoms with E-state index in [9.17, 15) is 5.26 Å². The summed E-state index contributed by atoms with van der Waals surface area (Å²) in [5.41, 5.74) is 5.22. The summed E-state index contributed by atoms with van der Waals surface area (Å²) in [6.45, 7) is 5.44. The average Bonchev–Trinajstić information content (AvgIpc) is 3.41. The third-order valence-corrected chi connectivity index (χ3v) is 6.34. The van der Waals surface area contributed by atoms with Crippen LogP contribution in [0, 0.1) is 11.3 Å². The standard InChI is InChI=1S/C24H26N4O2S/c1-15(2)30-22-10-7-16(13-17(22)14-25)23-27-28-24(31-23)20-6-4-5-19-18(20)8-9-21(19)26-11-12-29-3/h4-7,10,13,15,21,26H,8-9,11-12H2,1-3H3/t21-/m0/s1. The van der Waals surface area contributed by atoms with Crippen molar-refractivity contribution in [2.75, 3.05) is 20.3 Å². The van der Waals surface area contributed by atoms with Crippen molar-refractivity contribution in [3.05, 3.63) is 53.1 Å². The average molecular weight is 435 g/mol. The highest BCUT2D eigenvalue weighted by atomic mass is 32.1. The maximum Gasteiger partial charge on any atom is 0.148 e. The lowest BCUT2D eigenvalue weighted by atomic mass is 10.0. The van der Waals surface area contributed by atoms with Crippen LogP contribution < -0.4 is 10.1 Å². The van der Waals surface area contributed by atoms with Gasteiger partial charge in [-0.05, 0) is 56.0 Å². The van der Waals surface area contributed by atoms with Crippen LogP contribution in [-0.2, 0) is 11.2 Å². The van der Waals surface area contributed by atoms with E-state index in [2.05, 4.69) is 39.8 Å². The van der Waals surface area contributed by atoms with E-state index < -0.39 is 0 Å². The Morgan fingerprint density at radius 1 is 1.23 bits per heavy atom. The number of hydrogen-bond donors (Lipinski definition) is 1. The van der Waals surface area contributed by atoms with Crippen molar-refractivity contribution in [1.82, 2.24) is 15.5 Å². The van der Waals surface area contributed by atoms with E-state index in [0.29, 0.717) is 24.0 Å². The molecule has 3 aromatic rings. The van der Waals surface area contributed by atoms with Crippen LogP contribution in [0.5, 0.6) is 5.75 Å². The monoisotopic (exact) mass is 434 g/mol. The molecule has 0 radical (unpaired) electrons. The Hall–Kier alpha value is -2.79. The molecule has 6 nitrogen and oxygen atoms in total. The summed E-state index contributed by atoms with van der Waals surface area (Å²) in [7, 11) is 1.72. The molecule has 0 saturated heterocycles. The molecule has 1 N–H and O–H groups in total. The van der Waals surface area contributed by atoms with Gasteiger partial charge in [0.1, 0.15) is 21.8 Å². The van der Waals surface area contributed by atoms with E-state index >= 15 is 0 Å². The van der Waals surface area contributed by atoms with Crippen molar-refractivity contribution < 1.29 is 9.47 Å². The Morgan fingerprint density at radius 2 is 2.06 bits per heavy atom. The Bertz CT molecular complexity index is 1100. The minimum atomic E-state index is 0.0130. The number of ether oxygens (including phenoxy) is 2. The molecule has 0 amide bonds. The van der Waals surface area contributed by atoms with Gasteiger partial charge in [-0.15, -0.1) is 10.2 Å². The second-order valence-corrected chi connectivity index (χ2v) is 8.79. The van der Waals surface area contributed by atoms with Crippen LogP contribution in [0.3, 0.4) is 0 Å². The topological polar surface area (TPSA) is 80.1 Å². The predicted octanol–water partition coefficient (Wildman–Crippen LogP) is 4.75. The minimum Gasteiger partial charge on any atom is -0.490 e. The number of methoxy groups -OCH3 is 1. The molecule has 2 aromatic carbocycles. The zero-order valence-electron chi connectivity index (χ0n) is 18.0. The van der Waals surface area contributed by atoms with Crippen LogP contribution in [0.1, 0.15) is 43.0 Å². The lowest BCUT2D eigenvalue weighted by Crippen LogP contribution is -2.23. The molecule has 1 atom stereocenters. The van der Waals surface area contributed by atoms with Crippen molar-refractivity contribution in [2.45, 2.75) is 38.8 Å². The maximum absolute atomic E-state index is 9.52. The summed E-state index contributed by atoms with van der Waals surface area (Å²) >= 11 is 1.55. The zero-order chi connectivity index (χ0) is 21.8. The molecule has 4 rings (SSSR count). The van der Waals surface area contributed by atoms with Gasteiger partial charge < -0.3 is 14.8 Å². The van der Waals surface area contributed by atoms with Crippen molar-refractivity contribution in [3.8, 4) is 33.0 Å². The van der Waals surface area contributed by atoms with Crippen LogP contribution in [-0.4, -0.2) is 36.6 Å². The molecule has 1 aliphatic carbocycles. The number of nitrogens with zero attached hydrogens (tertiary/aromatic N) is 3.